The zero-order valence-electron chi connectivity index (χ0n) is 15.7. The second kappa shape index (κ2) is 6.74. The monoisotopic (exact) mass is 379 g/mol. The molecule has 4 aromatic rings. The van der Waals surface area contributed by atoms with Gasteiger partial charge in [-0.2, -0.15) is 0 Å². The highest BCUT2D eigenvalue weighted by Crippen LogP contribution is 2.33. The summed E-state index contributed by atoms with van der Waals surface area (Å²) in [6, 6.07) is 8.10. The van der Waals surface area contributed by atoms with Gasteiger partial charge in [0.25, 0.3) is 0 Å². The number of fused-ring (bicyclic) bond motifs is 3. The van der Waals surface area contributed by atoms with E-state index in [1.807, 2.05) is 50.6 Å². The number of benzene rings is 1. The predicted molar refractivity (Wildman–Crippen MR) is 109 cm³/mol. The summed E-state index contributed by atoms with van der Waals surface area (Å²) < 4.78 is 1.97. The summed E-state index contributed by atoms with van der Waals surface area (Å²) >= 11 is 1.57. The fourth-order valence-electron chi connectivity index (χ4n) is 3.03. The first-order valence-electron chi connectivity index (χ1n) is 8.91. The van der Waals surface area contributed by atoms with Crippen molar-refractivity contribution in [1.82, 2.24) is 24.8 Å². The number of hydrogen-bond donors (Lipinski definition) is 1. The number of hydrogen-bond acceptors (Lipinski definition) is 5. The van der Waals surface area contributed by atoms with Crippen LogP contribution in [0.25, 0.3) is 32.0 Å². The minimum absolute atomic E-state index is 0.0349. The minimum Gasteiger partial charge on any atom is -0.349 e. The van der Waals surface area contributed by atoms with E-state index >= 15 is 0 Å². The molecule has 0 radical (unpaired) electrons. The molecule has 3 aromatic heterocycles. The molecule has 27 heavy (non-hydrogen) atoms. The van der Waals surface area contributed by atoms with Crippen LogP contribution in [0.15, 0.2) is 36.8 Å². The predicted octanol–water partition coefficient (Wildman–Crippen LogP) is 4.08. The number of thiazole rings is 1. The van der Waals surface area contributed by atoms with E-state index < -0.39 is 0 Å². The van der Waals surface area contributed by atoms with E-state index in [2.05, 4.69) is 21.4 Å². The highest BCUT2D eigenvalue weighted by Gasteiger charge is 2.16. The van der Waals surface area contributed by atoms with Gasteiger partial charge in [-0.15, -0.1) is 0 Å². The molecule has 6 nitrogen and oxygen atoms in total. The molecule has 0 unspecified atom stereocenters. The van der Waals surface area contributed by atoms with Gasteiger partial charge in [0, 0.05) is 18.5 Å². The van der Waals surface area contributed by atoms with Crippen LogP contribution in [0.3, 0.4) is 0 Å². The third kappa shape index (κ3) is 3.19. The van der Waals surface area contributed by atoms with Gasteiger partial charge < -0.3 is 9.88 Å². The van der Waals surface area contributed by atoms with Crippen LogP contribution < -0.4 is 5.32 Å². The van der Waals surface area contributed by atoms with Crippen molar-refractivity contribution in [1.29, 1.82) is 0 Å². The van der Waals surface area contributed by atoms with E-state index in [9.17, 15) is 4.79 Å². The standard InChI is InChI=1S/C20H21N5OS/c1-11(2)18(26)23-12(3)13-6-5-7-14(8-13)19-24-16-17-15(22-10-25(17)4)9-21-20(16)27-19/h5-12H,1-4H3,(H,23,26)/t12-/m0/s1. The lowest BCUT2D eigenvalue weighted by molar-refractivity contribution is -0.124. The molecule has 1 amide bonds. The Labute approximate surface area is 161 Å². The van der Waals surface area contributed by atoms with Crippen LogP contribution in [0.5, 0.6) is 0 Å². The molecule has 0 aliphatic heterocycles. The molecule has 1 aromatic carbocycles. The van der Waals surface area contributed by atoms with Crippen molar-refractivity contribution in [3.63, 3.8) is 0 Å². The molecule has 0 saturated heterocycles. The quantitative estimate of drug-likeness (QED) is 0.580. The summed E-state index contributed by atoms with van der Waals surface area (Å²) in [4.78, 5) is 26.6. The molecule has 0 fully saturated rings. The third-order valence-electron chi connectivity index (χ3n) is 4.62. The van der Waals surface area contributed by atoms with Crippen LogP contribution in [-0.4, -0.2) is 25.4 Å². The lowest BCUT2D eigenvalue weighted by Crippen LogP contribution is -2.30. The average molecular weight is 379 g/mol. The van der Waals surface area contributed by atoms with Crippen LogP contribution in [0, 0.1) is 5.92 Å². The second-order valence-corrected chi connectivity index (χ2v) is 8.01. The number of aromatic nitrogens is 4. The summed E-state index contributed by atoms with van der Waals surface area (Å²) in [5.41, 5.74) is 4.80. The fraction of sp³-hybridized carbons (Fsp3) is 0.300. The number of rotatable bonds is 4. The molecule has 0 aliphatic rings. The highest BCUT2D eigenvalue weighted by molar-refractivity contribution is 7.21. The van der Waals surface area contributed by atoms with Crippen LogP contribution in [-0.2, 0) is 11.8 Å². The summed E-state index contributed by atoms with van der Waals surface area (Å²) in [7, 11) is 1.97. The highest BCUT2D eigenvalue weighted by atomic mass is 32.1. The van der Waals surface area contributed by atoms with Gasteiger partial charge in [0.15, 0.2) is 0 Å². The molecule has 3 heterocycles. The number of amides is 1. The van der Waals surface area contributed by atoms with Gasteiger partial charge >= 0.3 is 0 Å². The Bertz CT molecular complexity index is 1140. The molecule has 0 saturated carbocycles. The first kappa shape index (κ1) is 17.6. The van der Waals surface area contributed by atoms with Crippen molar-refractivity contribution in [3.05, 3.63) is 42.4 Å². The van der Waals surface area contributed by atoms with Gasteiger partial charge in [-0.25, -0.2) is 15.0 Å². The SMILES string of the molecule is CC(C)C(=O)N[C@@H](C)c1cccc(-c2nc3c(ncc4ncn(C)c43)s2)c1. The van der Waals surface area contributed by atoms with Crippen molar-refractivity contribution in [2.45, 2.75) is 26.8 Å². The van der Waals surface area contributed by atoms with E-state index in [1.54, 1.807) is 23.9 Å². The number of carbonyl (C=O) groups excluding carboxylic acids is 1. The van der Waals surface area contributed by atoms with Crippen molar-refractivity contribution in [2.24, 2.45) is 13.0 Å². The van der Waals surface area contributed by atoms with Crippen LogP contribution in [0.2, 0.25) is 0 Å². The van der Waals surface area contributed by atoms with E-state index in [0.29, 0.717) is 0 Å². The van der Waals surface area contributed by atoms with Gasteiger partial charge in [-0.1, -0.05) is 43.4 Å². The Kier molecular flexibility index (Phi) is 4.39. The van der Waals surface area contributed by atoms with Crippen molar-refractivity contribution < 1.29 is 4.79 Å². The number of pyridine rings is 1. The van der Waals surface area contributed by atoms with Crippen molar-refractivity contribution in [2.75, 3.05) is 0 Å². The van der Waals surface area contributed by atoms with E-state index in [4.69, 9.17) is 4.98 Å². The number of carbonyl (C=O) groups is 1. The molecule has 1 atom stereocenters. The molecule has 0 spiro atoms. The maximum atomic E-state index is 12.0. The van der Waals surface area contributed by atoms with E-state index in [-0.39, 0.29) is 17.9 Å². The second-order valence-electron chi connectivity index (χ2n) is 7.03. The van der Waals surface area contributed by atoms with Gasteiger partial charge in [-0.3, -0.25) is 4.79 Å². The molecular weight excluding hydrogens is 358 g/mol. The molecule has 138 valence electrons. The normalized spacial score (nSPS) is 12.8. The Morgan fingerprint density at radius 1 is 1.22 bits per heavy atom. The van der Waals surface area contributed by atoms with Crippen LogP contribution in [0.1, 0.15) is 32.4 Å². The molecule has 4 rings (SSSR count). The average Bonchev–Trinajstić information content (AvgIpc) is 3.25. The van der Waals surface area contributed by atoms with E-state index in [0.717, 1.165) is 37.5 Å². The number of nitrogens with zero attached hydrogens (tertiary/aromatic N) is 4. The maximum absolute atomic E-state index is 12.0. The van der Waals surface area contributed by atoms with Gasteiger partial charge in [-0.05, 0) is 18.6 Å². The van der Waals surface area contributed by atoms with E-state index in [1.165, 1.54) is 0 Å². The molecular formula is C20H21N5OS. The Hall–Kier alpha value is -2.80. The van der Waals surface area contributed by atoms with Gasteiger partial charge in [0.1, 0.15) is 20.9 Å². The smallest absolute Gasteiger partial charge is 0.223 e. The zero-order valence-corrected chi connectivity index (χ0v) is 16.5. The van der Waals surface area contributed by atoms with Crippen molar-refractivity contribution in [3.8, 4) is 10.6 Å². The Morgan fingerprint density at radius 2 is 2.04 bits per heavy atom. The van der Waals surface area contributed by atoms with Gasteiger partial charge in [0.05, 0.1) is 24.1 Å². The first-order chi connectivity index (χ1) is 12.9. The zero-order chi connectivity index (χ0) is 19.1. The number of nitrogens with one attached hydrogen (secondary N) is 1. The van der Waals surface area contributed by atoms with Crippen LogP contribution >= 0.6 is 11.3 Å². The Balaban J connectivity index is 1.72. The topological polar surface area (TPSA) is 72.7 Å². The fourth-order valence-corrected chi connectivity index (χ4v) is 3.94. The lowest BCUT2D eigenvalue weighted by atomic mass is 10.0. The van der Waals surface area contributed by atoms with Gasteiger partial charge in [0.2, 0.25) is 5.91 Å². The maximum Gasteiger partial charge on any atom is 0.223 e. The number of imidazole rings is 1. The summed E-state index contributed by atoms with van der Waals surface area (Å²) in [5.74, 6) is 0.0166. The lowest BCUT2D eigenvalue weighted by Gasteiger charge is -2.16. The third-order valence-corrected chi connectivity index (χ3v) is 5.63. The molecule has 1 N–H and O–H groups in total. The van der Waals surface area contributed by atoms with Crippen molar-refractivity contribution >= 4 is 38.6 Å². The molecule has 0 aliphatic carbocycles. The molecule has 7 heteroatoms. The number of aryl methyl sites for hydroxylation is 1. The molecule has 0 bridgehead atoms. The largest absolute Gasteiger partial charge is 0.349 e. The summed E-state index contributed by atoms with van der Waals surface area (Å²) in [6.45, 7) is 5.79. The first-order valence-corrected chi connectivity index (χ1v) is 9.73. The minimum atomic E-state index is -0.0591. The van der Waals surface area contributed by atoms with Crippen LogP contribution in [0.4, 0.5) is 0 Å². The summed E-state index contributed by atoms with van der Waals surface area (Å²) in [6.07, 6.45) is 3.57. The summed E-state index contributed by atoms with van der Waals surface area (Å²) in [5, 5.41) is 3.96. The Morgan fingerprint density at radius 3 is 2.81 bits per heavy atom.